The summed E-state index contributed by atoms with van der Waals surface area (Å²) in [6, 6.07) is 6.41. The third-order valence-corrected chi connectivity index (χ3v) is 3.69. The van der Waals surface area contributed by atoms with Crippen LogP contribution in [0.25, 0.3) is 0 Å². The molecule has 1 aromatic rings. The summed E-state index contributed by atoms with van der Waals surface area (Å²) >= 11 is 0. The predicted octanol–water partition coefficient (Wildman–Crippen LogP) is 1.54. The van der Waals surface area contributed by atoms with E-state index in [2.05, 4.69) is 23.5 Å². The van der Waals surface area contributed by atoms with Crippen LogP contribution in [0.1, 0.15) is 24.5 Å². The molecule has 1 aromatic carbocycles. The molecule has 1 unspecified atom stereocenters. The van der Waals surface area contributed by atoms with Crippen molar-refractivity contribution in [2.24, 2.45) is 0 Å². The van der Waals surface area contributed by atoms with Crippen LogP contribution < -0.4 is 10.1 Å². The molecular formula is C16H25NO3. The molecule has 1 aliphatic heterocycles. The molecule has 1 heterocycles. The van der Waals surface area contributed by atoms with Crippen molar-refractivity contribution in [3.63, 3.8) is 0 Å². The van der Waals surface area contributed by atoms with Gasteiger partial charge in [0.1, 0.15) is 5.75 Å². The lowest BCUT2D eigenvalue weighted by molar-refractivity contribution is 0.0252. The monoisotopic (exact) mass is 279 g/mol. The highest BCUT2D eigenvalue weighted by molar-refractivity contribution is 5.39. The van der Waals surface area contributed by atoms with Crippen molar-refractivity contribution in [3.8, 4) is 5.75 Å². The summed E-state index contributed by atoms with van der Waals surface area (Å²) in [7, 11) is 1.65. The average Bonchev–Trinajstić information content (AvgIpc) is 2.89. The van der Waals surface area contributed by atoms with Gasteiger partial charge in [-0.1, -0.05) is 12.1 Å². The molecule has 0 amide bonds. The Balaban J connectivity index is 1.71. The van der Waals surface area contributed by atoms with E-state index in [0.29, 0.717) is 19.6 Å². The SMILES string of the molecule is COCCC(C)(O)CNCCc1ccc2c(c1)CCO2. The van der Waals surface area contributed by atoms with Gasteiger partial charge in [0.15, 0.2) is 0 Å². The number of aliphatic hydroxyl groups is 1. The van der Waals surface area contributed by atoms with E-state index in [0.717, 1.165) is 31.7 Å². The third-order valence-electron chi connectivity index (χ3n) is 3.69. The number of ether oxygens (including phenoxy) is 2. The van der Waals surface area contributed by atoms with Gasteiger partial charge in [-0.15, -0.1) is 0 Å². The fourth-order valence-electron chi connectivity index (χ4n) is 2.40. The van der Waals surface area contributed by atoms with Crippen molar-refractivity contribution >= 4 is 0 Å². The maximum Gasteiger partial charge on any atom is 0.122 e. The van der Waals surface area contributed by atoms with Crippen molar-refractivity contribution < 1.29 is 14.6 Å². The molecule has 4 nitrogen and oxygen atoms in total. The van der Waals surface area contributed by atoms with Crippen molar-refractivity contribution in [2.75, 3.05) is 33.4 Å². The molecule has 0 fully saturated rings. The summed E-state index contributed by atoms with van der Waals surface area (Å²) in [6.07, 6.45) is 2.63. The normalized spacial score (nSPS) is 16.6. The fourth-order valence-corrected chi connectivity index (χ4v) is 2.40. The van der Waals surface area contributed by atoms with Crippen LogP contribution in [-0.4, -0.2) is 44.1 Å². The summed E-state index contributed by atoms with van der Waals surface area (Å²) in [5.74, 6) is 1.03. The van der Waals surface area contributed by atoms with Crippen LogP contribution in [0.15, 0.2) is 18.2 Å². The zero-order valence-corrected chi connectivity index (χ0v) is 12.4. The Morgan fingerprint density at radius 1 is 1.45 bits per heavy atom. The Kier molecular flexibility index (Phi) is 5.40. The minimum atomic E-state index is -0.707. The van der Waals surface area contributed by atoms with Gasteiger partial charge in [-0.3, -0.25) is 0 Å². The molecule has 20 heavy (non-hydrogen) atoms. The lowest BCUT2D eigenvalue weighted by Gasteiger charge is -2.23. The lowest BCUT2D eigenvalue weighted by atomic mass is 10.0. The van der Waals surface area contributed by atoms with Crippen LogP contribution in [0, 0.1) is 0 Å². The van der Waals surface area contributed by atoms with Crippen LogP contribution in [0.3, 0.4) is 0 Å². The first-order valence-electron chi connectivity index (χ1n) is 7.27. The second-order valence-corrected chi connectivity index (χ2v) is 5.71. The first-order valence-corrected chi connectivity index (χ1v) is 7.27. The first-order chi connectivity index (χ1) is 9.61. The summed E-state index contributed by atoms with van der Waals surface area (Å²) in [6.45, 7) is 4.68. The summed E-state index contributed by atoms with van der Waals surface area (Å²) < 4.78 is 10.5. The zero-order valence-electron chi connectivity index (χ0n) is 12.4. The molecule has 0 aromatic heterocycles. The van der Waals surface area contributed by atoms with E-state index in [9.17, 15) is 5.11 Å². The van der Waals surface area contributed by atoms with E-state index in [4.69, 9.17) is 9.47 Å². The molecule has 1 aliphatic rings. The molecule has 1 atom stereocenters. The van der Waals surface area contributed by atoms with Crippen LogP contribution >= 0.6 is 0 Å². The van der Waals surface area contributed by atoms with Crippen molar-refractivity contribution in [3.05, 3.63) is 29.3 Å². The Hall–Kier alpha value is -1.10. The van der Waals surface area contributed by atoms with E-state index < -0.39 is 5.60 Å². The Morgan fingerprint density at radius 2 is 2.30 bits per heavy atom. The van der Waals surface area contributed by atoms with Crippen LogP contribution in [0.2, 0.25) is 0 Å². The smallest absolute Gasteiger partial charge is 0.122 e. The molecule has 0 aliphatic carbocycles. The number of hydrogen-bond acceptors (Lipinski definition) is 4. The number of methoxy groups -OCH3 is 1. The van der Waals surface area contributed by atoms with Gasteiger partial charge in [0.25, 0.3) is 0 Å². The molecule has 4 heteroatoms. The molecule has 2 N–H and O–H groups in total. The number of benzene rings is 1. The third kappa shape index (κ3) is 4.47. The Morgan fingerprint density at radius 3 is 3.10 bits per heavy atom. The standard InChI is InChI=1S/C16H25NO3/c1-16(18,7-10-19-2)12-17-8-5-13-3-4-15-14(11-13)6-9-20-15/h3-4,11,17-18H,5-10,12H2,1-2H3. The van der Waals surface area contributed by atoms with E-state index >= 15 is 0 Å². The molecule has 0 saturated heterocycles. The van der Waals surface area contributed by atoms with Gasteiger partial charge >= 0.3 is 0 Å². The number of fused-ring (bicyclic) bond motifs is 1. The number of rotatable bonds is 8. The van der Waals surface area contributed by atoms with Crippen molar-refractivity contribution in [2.45, 2.75) is 31.8 Å². The summed E-state index contributed by atoms with van der Waals surface area (Å²) in [5.41, 5.74) is 1.93. The Bertz CT molecular complexity index is 432. The lowest BCUT2D eigenvalue weighted by Crippen LogP contribution is -2.39. The van der Waals surface area contributed by atoms with E-state index in [-0.39, 0.29) is 0 Å². The molecule has 2 rings (SSSR count). The topological polar surface area (TPSA) is 50.7 Å². The zero-order chi connectivity index (χ0) is 14.4. The molecule has 0 bridgehead atoms. The van der Waals surface area contributed by atoms with E-state index in [1.807, 2.05) is 6.92 Å². The molecule has 0 radical (unpaired) electrons. The van der Waals surface area contributed by atoms with Gasteiger partial charge in [0.05, 0.1) is 12.2 Å². The molecule has 112 valence electrons. The number of hydrogen-bond donors (Lipinski definition) is 2. The quantitative estimate of drug-likeness (QED) is 0.709. The van der Waals surface area contributed by atoms with Crippen LogP contribution in [0.4, 0.5) is 0 Å². The Labute approximate surface area is 121 Å². The molecule has 0 saturated carbocycles. The van der Waals surface area contributed by atoms with E-state index in [1.165, 1.54) is 11.1 Å². The van der Waals surface area contributed by atoms with Crippen LogP contribution in [-0.2, 0) is 17.6 Å². The van der Waals surface area contributed by atoms with Gasteiger partial charge in [0, 0.05) is 33.1 Å². The van der Waals surface area contributed by atoms with Gasteiger partial charge in [0.2, 0.25) is 0 Å². The fraction of sp³-hybridized carbons (Fsp3) is 0.625. The van der Waals surface area contributed by atoms with Crippen LogP contribution in [0.5, 0.6) is 5.75 Å². The highest BCUT2D eigenvalue weighted by atomic mass is 16.5. The van der Waals surface area contributed by atoms with Crippen molar-refractivity contribution in [1.29, 1.82) is 0 Å². The predicted molar refractivity (Wildman–Crippen MR) is 79.3 cm³/mol. The molecular weight excluding hydrogens is 254 g/mol. The minimum absolute atomic E-state index is 0.583. The largest absolute Gasteiger partial charge is 0.493 e. The average molecular weight is 279 g/mol. The van der Waals surface area contributed by atoms with Gasteiger partial charge < -0.3 is 19.9 Å². The maximum absolute atomic E-state index is 10.1. The first kappa shape index (κ1) is 15.3. The van der Waals surface area contributed by atoms with Crippen molar-refractivity contribution in [1.82, 2.24) is 5.32 Å². The maximum atomic E-state index is 10.1. The second kappa shape index (κ2) is 7.07. The minimum Gasteiger partial charge on any atom is -0.493 e. The summed E-state index contributed by atoms with van der Waals surface area (Å²) in [4.78, 5) is 0. The highest BCUT2D eigenvalue weighted by Gasteiger charge is 2.19. The van der Waals surface area contributed by atoms with Gasteiger partial charge in [-0.2, -0.15) is 0 Å². The highest BCUT2D eigenvalue weighted by Crippen LogP contribution is 2.25. The van der Waals surface area contributed by atoms with Gasteiger partial charge in [-0.25, -0.2) is 0 Å². The van der Waals surface area contributed by atoms with Gasteiger partial charge in [-0.05, 0) is 37.1 Å². The van der Waals surface area contributed by atoms with E-state index in [1.54, 1.807) is 7.11 Å². The number of nitrogens with one attached hydrogen (secondary N) is 1. The second-order valence-electron chi connectivity index (χ2n) is 5.71. The molecule has 0 spiro atoms. The summed E-state index contributed by atoms with van der Waals surface area (Å²) in [5, 5.41) is 13.4.